The van der Waals surface area contributed by atoms with Crippen LogP contribution in [0.25, 0.3) is 0 Å². The van der Waals surface area contributed by atoms with Crippen molar-refractivity contribution in [2.75, 3.05) is 6.54 Å². The smallest absolute Gasteiger partial charge is 0.226 e. The van der Waals surface area contributed by atoms with E-state index in [1.807, 2.05) is 13.0 Å². The van der Waals surface area contributed by atoms with Crippen LogP contribution in [0.1, 0.15) is 36.2 Å². The quantitative estimate of drug-likeness (QED) is 0.752. The zero-order valence-electron chi connectivity index (χ0n) is 14.4. The van der Waals surface area contributed by atoms with Crippen LogP contribution in [0.15, 0.2) is 30.3 Å². The lowest BCUT2D eigenvalue weighted by Crippen LogP contribution is -2.44. The molecule has 0 radical (unpaired) electrons. The van der Waals surface area contributed by atoms with Crippen molar-refractivity contribution in [2.45, 2.75) is 45.1 Å². The fraction of sp³-hybridized carbons (Fsp3) is 0.474. The standard InChI is InChI=1S/C19H24FN3O2/c1-13-9-16(23-22-13)10-18(25)21-12-19(8-2-3-17(19)24)11-14-4-6-15(20)7-5-14/h4-7,9,17,24H,2-3,8,10-12H2,1H3,(H,21,25)(H,22,23)/t17-,19+/m1/s1. The van der Waals surface area contributed by atoms with Gasteiger partial charge in [0.15, 0.2) is 0 Å². The van der Waals surface area contributed by atoms with Crippen molar-refractivity contribution in [2.24, 2.45) is 5.41 Å². The average Bonchev–Trinajstić information content (AvgIpc) is 3.14. The number of nitrogens with zero attached hydrogens (tertiary/aromatic N) is 1. The number of aliphatic hydroxyl groups excluding tert-OH is 1. The molecule has 134 valence electrons. The van der Waals surface area contributed by atoms with Gasteiger partial charge < -0.3 is 10.4 Å². The summed E-state index contributed by atoms with van der Waals surface area (Å²) in [5, 5.41) is 20.4. The molecular weight excluding hydrogens is 321 g/mol. The zero-order chi connectivity index (χ0) is 17.9. The number of hydrogen-bond acceptors (Lipinski definition) is 3. The van der Waals surface area contributed by atoms with Crippen molar-refractivity contribution in [3.05, 3.63) is 53.1 Å². The van der Waals surface area contributed by atoms with E-state index in [4.69, 9.17) is 0 Å². The van der Waals surface area contributed by atoms with Gasteiger partial charge in [0.25, 0.3) is 0 Å². The van der Waals surface area contributed by atoms with Crippen LogP contribution in [-0.4, -0.2) is 33.9 Å². The van der Waals surface area contributed by atoms with Crippen LogP contribution in [0.4, 0.5) is 4.39 Å². The molecule has 5 nitrogen and oxygen atoms in total. The number of aryl methyl sites for hydroxylation is 1. The molecule has 1 fully saturated rings. The Morgan fingerprint density at radius 3 is 2.80 bits per heavy atom. The molecule has 25 heavy (non-hydrogen) atoms. The van der Waals surface area contributed by atoms with E-state index in [1.165, 1.54) is 12.1 Å². The zero-order valence-corrected chi connectivity index (χ0v) is 14.4. The highest BCUT2D eigenvalue weighted by molar-refractivity contribution is 5.78. The fourth-order valence-corrected chi connectivity index (χ4v) is 3.67. The minimum atomic E-state index is -0.467. The van der Waals surface area contributed by atoms with Gasteiger partial charge in [-0.1, -0.05) is 18.6 Å². The summed E-state index contributed by atoms with van der Waals surface area (Å²) in [5.74, 6) is -0.378. The number of halogens is 1. The Bertz CT molecular complexity index is 729. The minimum Gasteiger partial charge on any atom is -0.392 e. The molecule has 1 aliphatic rings. The maximum Gasteiger partial charge on any atom is 0.226 e. The molecule has 2 aromatic rings. The third kappa shape index (κ3) is 4.25. The molecule has 0 unspecified atom stereocenters. The topological polar surface area (TPSA) is 78.0 Å². The minimum absolute atomic E-state index is 0.107. The molecule has 0 saturated heterocycles. The Labute approximate surface area is 146 Å². The Kier molecular flexibility index (Phi) is 5.18. The van der Waals surface area contributed by atoms with E-state index in [0.717, 1.165) is 30.5 Å². The van der Waals surface area contributed by atoms with Crippen molar-refractivity contribution in [3.8, 4) is 0 Å². The monoisotopic (exact) mass is 345 g/mol. The number of aromatic nitrogens is 2. The van der Waals surface area contributed by atoms with Crippen LogP contribution >= 0.6 is 0 Å². The van der Waals surface area contributed by atoms with Gasteiger partial charge in [-0.2, -0.15) is 5.10 Å². The predicted octanol–water partition coefficient (Wildman–Crippen LogP) is 2.29. The molecule has 1 aromatic carbocycles. The van der Waals surface area contributed by atoms with E-state index in [0.29, 0.717) is 18.7 Å². The molecule has 2 atom stereocenters. The van der Waals surface area contributed by atoms with Crippen molar-refractivity contribution >= 4 is 5.91 Å². The highest BCUT2D eigenvalue weighted by Crippen LogP contribution is 2.40. The number of benzene rings is 1. The molecule has 1 aromatic heterocycles. The molecule has 1 aliphatic carbocycles. The average molecular weight is 345 g/mol. The highest BCUT2D eigenvalue weighted by atomic mass is 19.1. The number of carbonyl (C=O) groups excluding carboxylic acids is 1. The van der Waals surface area contributed by atoms with Crippen LogP contribution in [-0.2, 0) is 17.6 Å². The molecule has 0 bridgehead atoms. The first-order valence-corrected chi connectivity index (χ1v) is 8.67. The normalized spacial score (nSPS) is 22.9. The van der Waals surface area contributed by atoms with E-state index in [-0.39, 0.29) is 18.1 Å². The number of amides is 1. The maximum absolute atomic E-state index is 13.1. The Morgan fingerprint density at radius 2 is 2.20 bits per heavy atom. The number of aromatic amines is 1. The van der Waals surface area contributed by atoms with Gasteiger partial charge >= 0.3 is 0 Å². The summed E-state index contributed by atoms with van der Waals surface area (Å²) >= 11 is 0. The second kappa shape index (κ2) is 7.35. The van der Waals surface area contributed by atoms with E-state index in [9.17, 15) is 14.3 Å². The van der Waals surface area contributed by atoms with Crippen LogP contribution in [0.2, 0.25) is 0 Å². The summed E-state index contributed by atoms with van der Waals surface area (Å²) in [5.41, 5.74) is 2.20. The fourth-order valence-electron chi connectivity index (χ4n) is 3.67. The van der Waals surface area contributed by atoms with Gasteiger partial charge in [-0.15, -0.1) is 0 Å². The molecule has 3 rings (SSSR count). The van der Waals surface area contributed by atoms with E-state index >= 15 is 0 Å². The molecule has 1 heterocycles. The second-order valence-corrected chi connectivity index (χ2v) is 7.07. The lowest BCUT2D eigenvalue weighted by molar-refractivity contribution is -0.121. The summed E-state index contributed by atoms with van der Waals surface area (Å²) in [6.45, 7) is 2.30. The molecule has 3 N–H and O–H groups in total. The number of H-pyrrole nitrogens is 1. The summed E-state index contributed by atoms with van der Waals surface area (Å²) in [6.07, 6.45) is 2.87. The lowest BCUT2D eigenvalue weighted by atomic mass is 9.78. The lowest BCUT2D eigenvalue weighted by Gasteiger charge is -2.33. The summed E-state index contributed by atoms with van der Waals surface area (Å²) in [7, 11) is 0. The number of rotatable bonds is 6. The Balaban J connectivity index is 1.64. The van der Waals surface area contributed by atoms with Crippen LogP contribution in [0, 0.1) is 18.2 Å². The first-order chi connectivity index (χ1) is 12.0. The summed E-state index contributed by atoms with van der Waals surface area (Å²) in [4.78, 5) is 12.2. The third-order valence-corrected chi connectivity index (χ3v) is 5.07. The number of nitrogens with one attached hydrogen (secondary N) is 2. The number of carbonyl (C=O) groups is 1. The maximum atomic E-state index is 13.1. The van der Waals surface area contributed by atoms with Crippen molar-refractivity contribution < 1.29 is 14.3 Å². The molecule has 0 aliphatic heterocycles. The third-order valence-electron chi connectivity index (χ3n) is 5.07. The molecular formula is C19H24FN3O2. The van der Waals surface area contributed by atoms with Crippen LogP contribution in [0.3, 0.4) is 0 Å². The van der Waals surface area contributed by atoms with Gasteiger partial charge in [0.1, 0.15) is 5.82 Å². The molecule has 0 spiro atoms. The molecule has 1 saturated carbocycles. The number of hydrogen-bond donors (Lipinski definition) is 3. The van der Waals surface area contributed by atoms with Crippen molar-refractivity contribution in [1.82, 2.24) is 15.5 Å². The van der Waals surface area contributed by atoms with Gasteiger partial charge in [-0.05, 0) is 49.9 Å². The van der Waals surface area contributed by atoms with E-state index in [1.54, 1.807) is 12.1 Å². The van der Waals surface area contributed by atoms with E-state index < -0.39 is 11.5 Å². The Morgan fingerprint density at radius 1 is 1.44 bits per heavy atom. The largest absolute Gasteiger partial charge is 0.392 e. The van der Waals surface area contributed by atoms with Gasteiger partial charge in [0, 0.05) is 17.7 Å². The van der Waals surface area contributed by atoms with Crippen molar-refractivity contribution in [3.63, 3.8) is 0 Å². The first-order valence-electron chi connectivity index (χ1n) is 8.67. The van der Waals surface area contributed by atoms with Gasteiger partial charge in [-0.3, -0.25) is 9.89 Å². The van der Waals surface area contributed by atoms with E-state index in [2.05, 4.69) is 15.5 Å². The SMILES string of the molecule is Cc1cc(CC(=O)NC[C@@]2(Cc3ccc(F)cc3)CCC[C@H]2O)n[nH]1. The van der Waals surface area contributed by atoms with Crippen LogP contribution in [0.5, 0.6) is 0 Å². The predicted molar refractivity (Wildman–Crippen MR) is 92.4 cm³/mol. The highest BCUT2D eigenvalue weighted by Gasteiger charge is 2.42. The van der Waals surface area contributed by atoms with Crippen LogP contribution < -0.4 is 5.32 Å². The van der Waals surface area contributed by atoms with Gasteiger partial charge in [0.2, 0.25) is 5.91 Å². The summed E-state index contributed by atoms with van der Waals surface area (Å²) < 4.78 is 13.1. The van der Waals surface area contributed by atoms with Gasteiger partial charge in [0.05, 0.1) is 18.2 Å². The summed E-state index contributed by atoms with van der Waals surface area (Å²) in [6, 6.07) is 8.21. The first kappa shape index (κ1) is 17.6. The second-order valence-electron chi connectivity index (χ2n) is 7.07. The van der Waals surface area contributed by atoms with Crippen molar-refractivity contribution in [1.29, 1.82) is 0 Å². The molecule has 6 heteroatoms. The molecule has 1 amide bonds. The number of aliphatic hydroxyl groups is 1. The van der Waals surface area contributed by atoms with Gasteiger partial charge in [-0.25, -0.2) is 4.39 Å². The Hall–Kier alpha value is -2.21.